The Morgan fingerprint density at radius 1 is 1.20 bits per heavy atom. The summed E-state index contributed by atoms with van der Waals surface area (Å²) in [6, 6.07) is 9.90. The minimum atomic E-state index is -3.87. The molecule has 1 saturated heterocycles. The molecule has 3 aromatic rings. The zero-order chi connectivity index (χ0) is 25.2. The molecule has 4 rings (SSSR count). The molecule has 0 bridgehead atoms. The maximum Gasteiger partial charge on any atom is 0.268 e. The van der Waals surface area contributed by atoms with Crippen LogP contribution in [0.25, 0.3) is 10.9 Å². The standard InChI is InChI=1S/C24H30N6O4S/c1-16-6-7-20-17(11-16)12-21(27-20)24(32)28-22-15-30(35(33,34)18-5-4-8-25-13-18)14-19(22)23(31)26-9-10-29(2)3/h4-8,11-13,19,22,27H,9-10,14-15H2,1-3H3,(H,26,31)(H,28,32)/t19-,22-/m0/s1. The number of benzene rings is 1. The van der Waals surface area contributed by atoms with E-state index in [2.05, 4.69) is 20.6 Å². The van der Waals surface area contributed by atoms with Crippen molar-refractivity contribution in [3.05, 3.63) is 60.0 Å². The lowest BCUT2D eigenvalue weighted by atomic mass is 10.0. The molecule has 1 fully saturated rings. The number of hydrogen-bond acceptors (Lipinski definition) is 6. The highest BCUT2D eigenvalue weighted by Crippen LogP contribution is 2.25. The van der Waals surface area contributed by atoms with Crippen LogP contribution in [0.2, 0.25) is 0 Å². The first-order chi connectivity index (χ1) is 16.6. The Bertz CT molecular complexity index is 1320. The summed E-state index contributed by atoms with van der Waals surface area (Å²) in [6.45, 7) is 2.97. The molecule has 11 heteroatoms. The van der Waals surface area contributed by atoms with Crippen LogP contribution in [0.15, 0.2) is 53.7 Å². The molecule has 0 radical (unpaired) electrons. The van der Waals surface area contributed by atoms with E-state index in [1.54, 1.807) is 12.1 Å². The van der Waals surface area contributed by atoms with Crippen molar-refractivity contribution in [2.45, 2.75) is 17.9 Å². The predicted molar refractivity (Wildman–Crippen MR) is 132 cm³/mol. The van der Waals surface area contributed by atoms with Crippen LogP contribution >= 0.6 is 0 Å². The van der Waals surface area contributed by atoms with Gasteiger partial charge in [-0.3, -0.25) is 14.6 Å². The molecule has 2 atom stereocenters. The maximum absolute atomic E-state index is 13.2. The second-order valence-corrected chi connectivity index (χ2v) is 11.0. The van der Waals surface area contributed by atoms with Crippen molar-refractivity contribution in [3.8, 4) is 0 Å². The Hall–Kier alpha value is -3.28. The summed E-state index contributed by atoms with van der Waals surface area (Å²) in [5.41, 5.74) is 2.25. The van der Waals surface area contributed by atoms with Gasteiger partial charge in [-0.1, -0.05) is 11.6 Å². The summed E-state index contributed by atoms with van der Waals surface area (Å²) >= 11 is 0. The molecule has 1 aliphatic rings. The molecule has 186 valence electrons. The lowest BCUT2D eigenvalue weighted by Gasteiger charge is -2.19. The van der Waals surface area contributed by atoms with E-state index in [0.717, 1.165) is 16.5 Å². The number of hydrogen-bond donors (Lipinski definition) is 3. The van der Waals surface area contributed by atoms with Crippen molar-refractivity contribution in [1.82, 2.24) is 29.8 Å². The summed E-state index contributed by atoms with van der Waals surface area (Å²) < 4.78 is 27.6. The average Bonchev–Trinajstić information content (AvgIpc) is 3.44. The number of nitrogens with zero attached hydrogens (tertiary/aromatic N) is 3. The number of sulfonamides is 1. The largest absolute Gasteiger partial charge is 0.354 e. The first-order valence-electron chi connectivity index (χ1n) is 11.4. The van der Waals surface area contributed by atoms with Gasteiger partial charge in [0.2, 0.25) is 15.9 Å². The van der Waals surface area contributed by atoms with Gasteiger partial charge in [-0.15, -0.1) is 0 Å². The van der Waals surface area contributed by atoms with Crippen molar-refractivity contribution in [2.75, 3.05) is 40.3 Å². The summed E-state index contributed by atoms with van der Waals surface area (Å²) in [6.07, 6.45) is 2.77. The van der Waals surface area contributed by atoms with E-state index in [1.165, 1.54) is 22.8 Å². The second kappa shape index (κ2) is 10.1. The monoisotopic (exact) mass is 498 g/mol. The third kappa shape index (κ3) is 5.53. The number of fused-ring (bicyclic) bond motifs is 1. The highest BCUT2D eigenvalue weighted by Gasteiger charge is 2.43. The van der Waals surface area contributed by atoms with Crippen LogP contribution < -0.4 is 10.6 Å². The SMILES string of the molecule is Cc1ccc2[nH]c(C(=O)N[C@H]3CN(S(=O)(=O)c4cccnc4)C[C@@H]3C(=O)NCCN(C)C)cc2c1. The first kappa shape index (κ1) is 24.8. The number of aryl methyl sites for hydroxylation is 1. The average molecular weight is 499 g/mol. The van der Waals surface area contributed by atoms with Gasteiger partial charge in [-0.05, 0) is 51.4 Å². The Morgan fingerprint density at radius 3 is 2.71 bits per heavy atom. The first-order valence-corrected chi connectivity index (χ1v) is 12.8. The highest BCUT2D eigenvalue weighted by atomic mass is 32.2. The van der Waals surface area contributed by atoms with E-state index in [0.29, 0.717) is 18.8 Å². The molecule has 2 amide bonds. The molecular formula is C24H30N6O4S. The number of nitrogens with one attached hydrogen (secondary N) is 3. The summed E-state index contributed by atoms with van der Waals surface area (Å²) in [4.78, 5) is 35.1. The Balaban J connectivity index is 1.55. The van der Waals surface area contributed by atoms with Crippen LogP contribution in [0.3, 0.4) is 0 Å². The molecule has 2 aromatic heterocycles. The van der Waals surface area contributed by atoms with Crippen molar-refractivity contribution >= 4 is 32.7 Å². The number of carbonyl (C=O) groups excluding carboxylic acids is 2. The molecule has 0 saturated carbocycles. The lowest BCUT2D eigenvalue weighted by molar-refractivity contribution is -0.125. The van der Waals surface area contributed by atoms with Gasteiger partial charge >= 0.3 is 0 Å². The van der Waals surface area contributed by atoms with Crippen LogP contribution in [0.4, 0.5) is 0 Å². The molecule has 3 heterocycles. The van der Waals surface area contributed by atoms with Crippen molar-refractivity contribution in [2.24, 2.45) is 5.92 Å². The topological polar surface area (TPSA) is 128 Å². The van der Waals surface area contributed by atoms with Gasteiger partial charge < -0.3 is 20.5 Å². The Labute approximate surface area is 204 Å². The number of pyridine rings is 1. The van der Waals surface area contributed by atoms with Crippen molar-refractivity contribution in [1.29, 1.82) is 0 Å². The number of aromatic nitrogens is 2. The zero-order valence-electron chi connectivity index (χ0n) is 20.0. The van der Waals surface area contributed by atoms with E-state index in [9.17, 15) is 18.0 Å². The Kier molecular flexibility index (Phi) is 7.20. The molecule has 3 N–H and O–H groups in total. The number of amides is 2. The molecule has 0 unspecified atom stereocenters. The van der Waals surface area contributed by atoms with E-state index < -0.39 is 27.9 Å². The van der Waals surface area contributed by atoms with Crippen LogP contribution in [0.5, 0.6) is 0 Å². The highest BCUT2D eigenvalue weighted by molar-refractivity contribution is 7.89. The van der Waals surface area contributed by atoms with Gasteiger partial charge in [0, 0.05) is 49.5 Å². The number of aromatic amines is 1. The van der Waals surface area contributed by atoms with Gasteiger partial charge in [0.05, 0.1) is 12.0 Å². The van der Waals surface area contributed by atoms with E-state index in [4.69, 9.17) is 0 Å². The van der Waals surface area contributed by atoms with E-state index in [1.807, 2.05) is 44.1 Å². The van der Waals surface area contributed by atoms with Gasteiger partial charge in [0.15, 0.2) is 0 Å². The smallest absolute Gasteiger partial charge is 0.268 e. The number of carbonyl (C=O) groups is 2. The van der Waals surface area contributed by atoms with E-state index in [-0.39, 0.29) is 23.9 Å². The maximum atomic E-state index is 13.2. The van der Waals surface area contributed by atoms with Crippen molar-refractivity contribution in [3.63, 3.8) is 0 Å². The number of likely N-dealkylation sites (N-methyl/N-ethyl adjacent to an activating group) is 1. The fraction of sp³-hybridized carbons (Fsp3) is 0.375. The Morgan fingerprint density at radius 2 is 2.00 bits per heavy atom. The molecule has 1 aromatic carbocycles. The fourth-order valence-corrected chi connectivity index (χ4v) is 5.64. The number of H-pyrrole nitrogens is 1. The molecule has 0 spiro atoms. The zero-order valence-corrected chi connectivity index (χ0v) is 20.8. The molecular weight excluding hydrogens is 468 g/mol. The van der Waals surface area contributed by atoms with Gasteiger partial charge in [-0.2, -0.15) is 4.31 Å². The molecule has 1 aliphatic heterocycles. The summed E-state index contributed by atoms with van der Waals surface area (Å²) in [5, 5.41) is 6.66. The van der Waals surface area contributed by atoms with Gasteiger partial charge in [-0.25, -0.2) is 8.42 Å². The van der Waals surface area contributed by atoms with Crippen LogP contribution in [0.1, 0.15) is 16.1 Å². The number of rotatable bonds is 8. The second-order valence-electron chi connectivity index (χ2n) is 9.07. The molecule has 35 heavy (non-hydrogen) atoms. The van der Waals surface area contributed by atoms with Gasteiger partial charge in [0.25, 0.3) is 5.91 Å². The lowest BCUT2D eigenvalue weighted by Crippen LogP contribution is -2.47. The van der Waals surface area contributed by atoms with E-state index >= 15 is 0 Å². The fourth-order valence-electron chi connectivity index (χ4n) is 4.18. The van der Waals surface area contributed by atoms with Gasteiger partial charge in [0.1, 0.15) is 10.6 Å². The molecule has 0 aliphatic carbocycles. The predicted octanol–water partition coefficient (Wildman–Crippen LogP) is 0.968. The van der Waals surface area contributed by atoms with Crippen molar-refractivity contribution < 1.29 is 18.0 Å². The minimum Gasteiger partial charge on any atom is -0.354 e. The van der Waals surface area contributed by atoms with Crippen LogP contribution in [0, 0.1) is 12.8 Å². The third-order valence-electron chi connectivity index (χ3n) is 6.09. The quantitative estimate of drug-likeness (QED) is 0.425. The minimum absolute atomic E-state index is 0.0198. The van der Waals surface area contributed by atoms with Crippen LogP contribution in [-0.4, -0.2) is 85.7 Å². The van der Waals surface area contributed by atoms with Crippen LogP contribution in [-0.2, 0) is 14.8 Å². The summed E-state index contributed by atoms with van der Waals surface area (Å²) in [5.74, 6) is -1.43. The third-order valence-corrected chi connectivity index (χ3v) is 7.91. The summed E-state index contributed by atoms with van der Waals surface area (Å²) in [7, 11) is -0.0790. The normalized spacial score (nSPS) is 18.7. The molecule has 10 nitrogen and oxygen atoms in total.